The molecule has 0 spiro atoms. The molecule has 0 aliphatic heterocycles. The number of tetrazole rings is 1. The van der Waals surface area contributed by atoms with E-state index in [1.165, 1.54) is 50.5 Å². The molecule has 3 rings (SSSR count). The van der Waals surface area contributed by atoms with E-state index >= 15 is 0 Å². The van der Waals surface area contributed by atoms with E-state index in [0.29, 0.717) is 29.7 Å². The third-order valence-electron chi connectivity index (χ3n) is 7.17. The predicted molar refractivity (Wildman–Crippen MR) is 165 cm³/mol. The van der Waals surface area contributed by atoms with Gasteiger partial charge in [-0.3, -0.25) is 0 Å². The highest BCUT2D eigenvalue weighted by molar-refractivity contribution is 5.91. The van der Waals surface area contributed by atoms with Crippen LogP contribution in [0.25, 0.3) is 11.4 Å². The number of rotatable bonds is 19. The van der Waals surface area contributed by atoms with E-state index in [0.717, 1.165) is 43.5 Å². The summed E-state index contributed by atoms with van der Waals surface area (Å²) in [7, 11) is 0. The summed E-state index contributed by atoms with van der Waals surface area (Å²) in [5, 5.41) is 12.9. The van der Waals surface area contributed by atoms with Crippen LogP contribution in [0.2, 0.25) is 0 Å². The highest BCUT2D eigenvalue weighted by atomic mass is 16.5. The molecule has 0 saturated heterocycles. The Bertz CT molecular complexity index is 1180. The van der Waals surface area contributed by atoms with E-state index in [4.69, 9.17) is 9.47 Å². The zero-order valence-electron chi connectivity index (χ0n) is 25.5. The first kappa shape index (κ1) is 32.0. The van der Waals surface area contributed by atoms with Gasteiger partial charge in [-0.15, -0.1) is 10.2 Å². The number of allylic oxidation sites excluding steroid dienone is 2. The maximum atomic E-state index is 12.6. The Morgan fingerprint density at radius 2 is 1.54 bits per heavy atom. The minimum absolute atomic E-state index is 0.407. The number of esters is 1. The van der Waals surface area contributed by atoms with Gasteiger partial charge in [0.2, 0.25) is 5.82 Å². The second-order valence-electron chi connectivity index (χ2n) is 11.2. The van der Waals surface area contributed by atoms with Crippen molar-refractivity contribution in [3.8, 4) is 22.9 Å². The van der Waals surface area contributed by atoms with E-state index < -0.39 is 5.97 Å². The van der Waals surface area contributed by atoms with Crippen molar-refractivity contribution in [3.63, 3.8) is 0 Å². The first-order valence-corrected chi connectivity index (χ1v) is 15.4. The molecule has 1 aromatic heterocycles. The van der Waals surface area contributed by atoms with Gasteiger partial charge in [0.1, 0.15) is 11.5 Å². The van der Waals surface area contributed by atoms with Gasteiger partial charge in [-0.2, -0.15) is 4.80 Å². The van der Waals surface area contributed by atoms with Crippen molar-refractivity contribution in [1.29, 1.82) is 0 Å². The number of carbonyl (C=O) groups is 1. The smallest absolute Gasteiger partial charge is 0.343 e. The van der Waals surface area contributed by atoms with Crippen LogP contribution in [0.4, 0.5) is 0 Å². The van der Waals surface area contributed by atoms with Crippen molar-refractivity contribution >= 4 is 5.97 Å². The third-order valence-corrected chi connectivity index (χ3v) is 7.17. The number of nitrogens with zero attached hydrogens (tertiary/aromatic N) is 4. The molecule has 0 aliphatic rings. The Morgan fingerprint density at radius 3 is 2.22 bits per heavy atom. The fraction of sp³-hybridized carbons (Fsp3) is 0.529. The Balaban J connectivity index is 1.38. The van der Waals surface area contributed by atoms with Crippen LogP contribution >= 0.6 is 0 Å². The van der Waals surface area contributed by atoms with Gasteiger partial charge in [-0.05, 0) is 99.2 Å². The second-order valence-corrected chi connectivity index (χ2v) is 11.2. The van der Waals surface area contributed by atoms with Crippen LogP contribution in [0.3, 0.4) is 0 Å². The van der Waals surface area contributed by atoms with Gasteiger partial charge in [0.15, 0.2) is 0 Å². The van der Waals surface area contributed by atoms with E-state index in [2.05, 4.69) is 49.2 Å². The first-order valence-electron chi connectivity index (χ1n) is 15.4. The molecule has 0 aliphatic carbocycles. The Labute approximate surface area is 246 Å². The SMILES string of the molecule is CCCCCCCCCCOc1ccc(C(=O)Oc2ccc(-c3nnn(CC[C@@H](C)CCC=C(C)C)n3)cc2)cc1. The molecule has 0 bridgehead atoms. The fourth-order valence-electron chi connectivity index (χ4n) is 4.54. The lowest BCUT2D eigenvalue weighted by Gasteiger charge is -2.08. The summed E-state index contributed by atoms with van der Waals surface area (Å²) in [6, 6.07) is 14.3. The molecule has 0 fully saturated rings. The molecule has 7 heteroatoms. The number of aryl methyl sites for hydroxylation is 1. The lowest BCUT2D eigenvalue weighted by atomic mass is 10.0. The van der Waals surface area contributed by atoms with Crippen molar-refractivity contribution in [2.75, 3.05) is 6.61 Å². The predicted octanol–water partition coefficient (Wildman–Crippen LogP) is 8.85. The minimum atomic E-state index is -0.407. The molecule has 1 heterocycles. The van der Waals surface area contributed by atoms with Gasteiger partial charge in [-0.25, -0.2) is 4.79 Å². The number of aromatic nitrogens is 4. The van der Waals surface area contributed by atoms with Gasteiger partial charge in [0.25, 0.3) is 0 Å². The van der Waals surface area contributed by atoms with Crippen molar-refractivity contribution in [1.82, 2.24) is 20.2 Å². The number of hydrogen-bond acceptors (Lipinski definition) is 6. The van der Waals surface area contributed by atoms with Crippen LogP contribution < -0.4 is 9.47 Å². The van der Waals surface area contributed by atoms with Crippen LogP contribution in [0, 0.1) is 5.92 Å². The quantitative estimate of drug-likeness (QED) is 0.0630. The standard InChI is InChI=1S/C34H48N4O3/c1-5-6-7-8-9-10-11-12-26-40-31-20-18-30(19-21-31)34(39)41-32-22-16-29(17-23-32)33-35-37-38(36-33)25-24-28(4)15-13-14-27(2)3/h14,16-23,28H,5-13,15,24-26H2,1-4H3/t28-/m0/s1. The summed E-state index contributed by atoms with van der Waals surface area (Å²) in [6.07, 6.45) is 15.7. The van der Waals surface area contributed by atoms with Crippen molar-refractivity contribution in [2.45, 2.75) is 105 Å². The highest BCUT2D eigenvalue weighted by Crippen LogP contribution is 2.21. The second kappa shape index (κ2) is 18.1. The van der Waals surface area contributed by atoms with Crippen molar-refractivity contribution < 1.29 is 14.3 Å². The Morgan fingerprint density at radius 1 is 0.878 bits per heavy atom. The number of hydrogen-bond donors (Lipinski definition) is 0. The zero-order chi connectivity index (χ0) is 29.3. The Hall–Kier alpha value is -3.48. The largest absolute Gasteiger partial charge is 0.494 e. The van der Waals surface area contributed by atoms with Crippen LogP contribution in [0.1, 0.15) is 109 Å². The van der Waals surface area contributed by atoms with Gasteiger partial charge in [-0.1, -0.05) is 70.4 Å². The first-order chi connectivity index (χ1) is 19.9. The molecular formula is C34H48N4O3. The van der Waals surface area contributed by atoms with Gasteiger partial charge in [0.05, 0.1) is 18.7 Å². The van der Waals surface area contributed by atoms with E-state index in [9.17, 15) is 4.79 Å². The van der Waals surface area contributed by atoms with Gasteiger partial charge in [0, 0.05) is 5.56 Å². The fourth-order valence-corrected chi connectivity index (χ4v) is 4.54. The van der Waals surface area contributed by atoms with E-state index in [1.807, 2.05) is 24.3 Å². The molecule has 7 nitrogen and oxygen atoms in total. The molecule has 0 saturated carbocycles. The molecule has 0 N–H and O–H groups in total. The number of unbranched alkanes of at least 4 members (excludes halogenated alkanes) is 7. The monoisotopic (exact) mass is 560 g/mol. The number of benzene rings is 2. The zero-order valence-corrected chi connectivity index (χ0v) is 25.5. The van der Waals surface area contributed by atoms with E-state index in [-0.39, 0.29) is 0 Å². The molecule has 0 amide bonds. The van der Waals surface area contributed by atoms with Crippen LogP contribution in [-0.4, -0.2) is 32.8 Å². The van der Waals surface area contributed by atoms with Crippen molar-refractivity contribution in [3.05, 3.63) is 65.7 Å². The molecule has 1 atom stereocenters. The topological polar surface area (TPSA) is 79.1 Å². The van der Waals surface area contributed by atoms with Crippen LogP contribution in [-0.2, 0) is 6.54 Å². The lowest BCUT2D eigenvalue weighted by Crippen LogP contribution is -2.08. The number of carbonyl (C=O) groups excluding carboxylic acids is 1. The summed E-state index contributed by atoms with van der Waals surface area (Å²) in [5.74, 6) is 1.98. The molecule has 3 aromatic rings. The van der Waals surface area contributed by atoms with Gasteiger partial charge >= 0.3 is 5.97 Å². The maximum absolute atomic E-state index is 12.6. The summed E-state index contributed by atoms with van der Waals surface area (Å²) < 4.78 is 11.4. The summed E-state index contributed by atoms with van der Waals surface area (Å²) in [6.45, 7) is 10.2. The van der Waals surface area contributed by atoms with Crippen LogP contribution in [0.15, 0.2) is 60.2 Å². The average molecular weight is 561 g/mol. The molecule has 0 unspecified atom stereocenters. The van der Waals surface area contributed by atoms with E-state index in [1.54, 1.807) is 29.1 Å². The third kappa shape index (κ3) is 12.3. The molecule has 41 heavy (non-hydrogen) atoms. The summed E-state index contributed by atoms with van der Waals surface area (Å²) in [4.78, 5) is 14.3. The van der Waals surface area contributed by atoms with Crippen molar-refractivity contribution in [2.24, 2.45) is 5.92 Å². The van der Waals surface area contributed by atoms with Gasteiger partial charge < -0.3 is 9.47 Å². The Kier molecular flexibility index (Phi) is 14.1. The molecule has 0 radical (unpaired) electrons. The summed E-state index contributed by atoms with van der Waals surface area (Å²) in [5.41, 5.74) is 2.67. The molecule has 2 aromatic carbocycles. The minimum Gasteiger partial charge on any atom is -0.494 e. The molecule has 222 valence electrons. The number of ether oxygens (including phenoxy) is 2. The average Bonchev–Trinajstić information content (AvgIpc) is 3.45. The van der Waals surface area contributed by atoms with Crippen LogP contribution in [0.5, 0.6) is 11.5 Å². The highest BCUT2D eigenvalue weighted by Gasteiger charge is 2.11. The summed E-state index contributed by atoms with van der Waals surface area (Å²) >= 11 is 0. The maximum Gasteiger partial charge on any atom is 0.343 e. The lowest BCUT2D eigenvalue weighted by molar-refractivity contribution is 0.0734. The molecular weight excluding hydrogens is 512 g/mol. The normalized spacial score (nSPS) is 11.7.